The number of aliphatic hydroxyl groups excluding tert-OH is 1. The van der Waals surface area contributed by atoms with Gasteiger partial charge in [0.25, 0.3) is 0 Å². The highest BCUT2D eigenvalue weighted by Crippen LogP contribution is 2.11. The SMILES string of the molecule is CN(C)Cc1ccc(CO)cc1F. The van der Waals surface area contributed by atoms with E-state index in [9.17, 15) is 4.39 Å². The van der Waals surface area contributed by atoms with Crippen LogP contribution in [0.5, 0.6) is 0 Å². The van der Waals surface area contributed by atoms with Crippen LogP contribution in [-0.2, 0) is 13.2 Å². The third-order valence-corrected chi connectivity index (χ3v) is 1.79. The molecule has 2 nitrogen and oxygen atoms in total. The molecule has 0 heterocycles. The Balaban J connectivity index is 2.85. The predicted molar refractivity (Wildman–Crippen MR) is 49.7 cm³/mol. The van der Waals surface area contributed by atoms with Gasteiger partial charge in [0.1, 0.15) is 5.82 Å². The Kier molecular flexibility index (Phi) is 3.39. The Labute approximate surface area is 77.6 Å². The molecule has 0 radical (unpaired) electrons. The average molecular weight is 183 g/mol. The maximum Gasteiger partial charge on any atom is 0.128 e. The molecule has 0 bridgehead atoms. The van der Waals surface area contributed by atoms with Gasteiger partial charge >= 0.3 is 0 Å². The number of hydrogen-bond donors (Lipinski definition) is 1. The molecule has 0 amide bonds. The zero-order chi connectivity index (χ0) is 9.84. The number of benzene rings is 1. The standard InChI is InChI=1S/C10H14FNO/c1-12(2)6-9-4-3-8(7-13)5-10(9)11/h3-5,13H,6-7H2,1-2H3. The number of rotatable bonds is 3. The van der Waals surface area contributed by atoms with E-state index in [0.29, 0.717) is 17.7 Å². The summed E-state index contributed by atoms with van der Waals surface area (Å²) in [6, 6.07) is 4.82. The van der Waals surface area contributed by atoms with Crippen molar-refractivity contribution in [2.24, 2.45) is 0 Å². The maximum atomic E-state index is 13.3. The van der Waals surface area contributed by atoms with E-state index in [-0.39, 0.29) is 12.4 Å². The lowest BCUT2D eigenvalue weighted by molar-refractivity contribution is 0.281. The van der Waals surface area contributed by atoms with Gasteiger partial charge < -0.3 is 10.0 Å². The second kappa shape index (κ2) is 4.35. The van der Waals surface area contributed by atoms with Gasteiger partial charge in [-0.25, -0.2) is 4.39 Å². The van der Waals surface area contributed by atoms with Crippen LogP contribution in [0.25, 0.3) is 0 Å². The van der Waals surface area contributed by atoms with Crippen molar-refractivity contribution in [3.05, 3.63) is 35.1 Å². The lowest BCUT2D eigenvalue weighted by atomic mass is 10.1. The fourth-order valence-corrected chi connectivity index (χ4v) is 1.16. The van der Waals surface area contributed by atoms with Crippen LogP contribution in [0.15, 0.2) is 18.2 Å². The molecule has 13 heavy (non-hydrogen) atoms. The van der Waals surface area contributed by atoms with E-state index in [1.165, 1.54) is 6.07 Å². The van der Waals surface area contributed by atoms with Crippen molar-refractivity contribution in [2.45, 2.75) is 13.2 Å². The molecular weight excluding hydrogens is 169 g/mol. The van der Waals surface area contributed by atoms with Crippen molar-refractivity contribution in [1.29, 1.82) is 0 Å². The Hall–Kier alpha value is -0.930. The molecule has 0 unspecified atom stereocenters. The minimum Gasteiger partial charge on any atom is -0.392 e. The normalized spacial score (nSPS) is 10.8. The van der Waals surface area contributed by atoms with Crippen LogP contribution < -0.4 is 0 Å². The molecule has 1 aromatic rings. The molecule has 0 spiro atoms. The van der Waals surface area contributed by atoms with E-state index in [4.69, 9.17) is 5.11 Å². The van der Waals surface area contributed by atoms with Gasteiger partial charge in [-0.2, -0.15) is 0 Å². The van der Waals surface area contributed by atoms with Crippen LogP contribution in [0.1, 0.15) is 11.1 Å². The molecule has 0 aromatic heterocycles. The van der Waals surface area contributed by atoms with Crippen LogP contribution in [0, 0.1) is 5.82 Å². The van der Waals surface area contributed by atoms with Crippen LogP contribution in [0.3, 0.4) is 0 Å². The minimum absolute atomic E-state index is 0.112. The summed E-state index contributed by atoms with van der Waals surface area (Å²) in [7, 11) is 3.78. The van der Waals surface area contributed by atoms with Crippen molar-refractivity contribution < 1.29 is 9.50 Å². The van der Waals surface area contributed by atoms with Gasteiger partial charge in [0.2, 0.25) is 0 Å². The minimum atomic E-state index is -0.250. The van der Waals surface area contributed by atoms with Gasteiger partial charge in [0.05, 0.1) is 6.61 Å². The summed E-state index contributed by atoms with van der Waals surface area (Å²) in [6.07, 6.45) is 0. The Morgan fingerprint density at radius 2 is 2.08 bits per heavy atom. The highest BCUT2D eigenvalue weighted by Gasteiger charge is 2.03. The summed E-state index contributed by atoms with van der Waals surface area (Å²) in [5.41, 5.74) is 1.27. The number of nitrogens with zero attached hydrogens (tertiary/aromatic N) is 1. The Morgan fingerprint density at radius 1 is 1.38 bits per heavy atom. The number of hydrogen-bond acceptors (Lipinski definition) is 2. The van der Waals surface area contributed by atoms with Crippen molar-refractivity contribution >= 4 is 0 Å². The second-order valence-electron chi connectivity index (χ2n) is 3.32. The van der Waals surface area contributed by atoms with E-state index in [0.717, 1.165) is 0 Å². The fraction of sp³-hybridized carbons (Fsp3) is 0.400. The lowest BCUT2D eigenvalue weighted by Gasteiger charge is -2.10. The van der Waals surface area contributed by atoms with Crippen LogP contribution in [0.4, 0.5) is 4.39 Å². The summed E-state index contributed by atoms with van der Waals surface area (Å²) >= 11 is 0. The Bertz CT molecular complexity index is 286. The zero-order valence-electron chi connectivity index (χ0n) is 7.92. The first-order valence-electron chi connectivity index (χ1n) is 4.16. The molecule has 3 heteroatoms. The molecule has 0 aliphatic heterocycles. The second-order valence-corrected chi connectivity index (χ2v) is 3.32. The third kappa shape index (κ3) is 2.79. The highest BCUT2D eigenvalue weighted by molar-refractivity contribution is 5.23. The Morgan fingerprint density at radius 3 is 2.54 bits per heavy atom. The van der Waals surface area contributed by atoms with Gasteiger partial charge in [-0.05, 0) is 25.7 Å². The smallest absolute Gasteiger partial charge is 0.128 e. The molecule has 1 rings (SSSR count). The quantitative estimate of drug-likeness (QED) is 0.765. The molecule has 0 fully saturated rings. The summed E-state index contributed by atoms with van der Waals surface area (Å²) < 4.78 is 13.3. The van der Waals surface area contributed by atoms with E-state index in [1.54, 1.807) is 12.1 Å². The van der Waals surface area contributed by atoms with Crippen molar-refractivity contribution in [3.8, 4) is 0 Å². The maximum absolute atomic E-state index is 13.3. The first kappa shape index (κ1) is 10.2. The monoisotopic (exact) mass is 183 g/mol. The molecule has 0 aliphatic rings. The average Bonchev–Trinajstić information content (AvgIpc) is 2.08. The van der Waals surface area contributed by atoms with Crippen molar-refractivity contribution in [3.63, 3.8) is 0 Å². The molecule has 72 valence electrons. The van der Waals surface area contributed by atoms with Crippen molar-refractivity contribution in [2.75, 3.05) is 14.1 Å². The summed E-state index contributed by atoms with van der Waals surface area (Å²) in [5, 5.41) is 8.76. The topological polar surface area (TPSA) is 23.5 Å². The number of aliphatic hydroxyl groups is 1. The highest BCUT2D eigenvalue weighted by atomic mass is 19.1. The van der Waals surface area contributed by atoms with E-state index in [1.807, 2.05) is 19.0 Å². The molecule has 1 N–H and O–H groups in total. The van der Waals surface area contributed by atoms with Crippen LogP contribution >= 0.6 is 0 Å². The van der Waals surface area contributed by atoms with E-state index >= 15 is 0 Å². The summed E-state index contributed by atoms with van der Waals surface area (Å²) in [6.45, 7) is 0.469. The van der Waals surface area contributed by atoms with Crippen LogP contribution in [-0.4, -0.2) is 24.1 Å². The fourth-order valence-electron chi connectivity index (χ4n) is 1.16. The van der Waals surface area contributed by atoms with Gasteiger partial charge in [-0.1, -0.05) is 12.1 Å². The van der Waals surface area contributed by atoms with Gasteiger partial charge in [-0.3, -0.25) is 0 Å². The molecule has 0 atom stereocenters. The third-order valence-electron chi connectivity index (χ3n) is 1.79. The molecule has 0 aliphatic carbocycles. The van der Waals surface area contributed by atoms with Gasteiger partial charge in [0.15, 0.2) is 0 Å². The van der Waals surface area contributed by atoms with Gasteiger partial charge in [-0.15, -0.1) is 0 Å². The largest absolute Gasteiger partial charge is 0.392 e. The zero-order valence-corrected chi connectivity index (χ0v) is 7.92. The summed E-state index contributed by atoms with van der Waals surface area (Å²) in [4.78, 5) is 1.90. The first-order chi connectivity index (χ1) is 6.13. The molecule has 0 saturated carbocycles. The first-order valence-corrected chi connectivity index (χ1v) is 4.16. The lowest BCUT2D eigenvalue weighted by Crippen LogP contribution is -2.12. The van der Waals surface area contributed by atoms with Crippen LogP contribution in [0.2, 0.25) is 0 Å². The van der Waals surface area contributed by atoms with E-state index in [2.05, 4.69) is 0 Å². The molecule has 1 aromatic carbocycles. The molecule has 0 saturated heterocycles. The van der Waals surface area contributed by atoms with Crippen molar-refractivity contribution in [1.82, 2.24) is 4.90 Å². The predicted octanol–water partition coefficient (Wildman–Crippen LogP) is 1.38. The number of halogens is 1. The molecular formula is C10H14FNO. The van der Waals surface area contributed by atoms with E-state index < -0.39 is 0 Å². The van der Waals surface area contributed by atoms with Gasteiger partial charge in [0, 0.05) is 12.1 Å². The summed E-state index contributed by atoms with van der Waals surface area (Å²) in [5.74, 6) is -0.250.